The molecule has 1 aliphatic rings. The standard InChI is InChI=1S/C9H15N5O2S/c10-8-2-1-3-12-9(8)13-4-6-14(7-5-13)17(11,15)16/h1-3H,4-7,10H2,(H2,11,15,16). The van der Waals surface area contributed by atoms with Crippen molar-refractivity contribution in [1.29, 1.82) is 0 Å². The molecule has 0 atom stereocenters. The van der Waals surface area contributed by atoms with Crippen LogP contribution in [0, 0.1) is 0 Å². The summed E-state index contributed by atoms with van der Waals surface area (Å²) in [5, 5.41) is 5.06. The maximum atomic E-state index is 11.1. The number of nitrogen functional groups attached to an aromatic ring is 1. The molecule has 2 heterocycles. The summed E-state index contributed by atoms with van der Waals surface area (Å²) in [6.45, 7) is 1.79. The Balaban J connectivity index is 2.08. The molecule has 0 aromatic carbocycles. The summed E-state index contributed by atoms with van der Waals surface area (Å²) in [6.07, 6.45) is 1.66. The van der Waals surface area contributed by atoms with Crippen molar-refractivity contribution >= 4 is 21.7 Å². The van der Waals surface area contributed by atoms with Crippen molar-refractivity contribution in [3.63, 3.8) is 0 Å². The van der Waals surface area contributed by atoms with Crippen molar-refractivity contribution in [2.45, 2.75) is 0 Å². The zero-order valence-electron chi connectivity index (χ0n) is 9.28. The first-order valence-corrected chi connectivity index (χ1v) is 6.72. The van der Waals surface area contributed by atoms with Crippen molar-refractivity contribution in [3.05, 3.63) is 18.3 Å². The Morgan fingerprint density at radius 2 is 1.88 bits per heavy atom. The molecule has 0 radical (unpaired) electrons. The average molecular weight is 257 g/mol. The fourth-order valence-corrected chi connectivity index (χ4v) is 2.50. The topological polar surface area (TPSA) is 106 Å². The summed E-state index contributed by atoms with van der Waals surface area (Å²) < 4.78 is 23.5. The maximum Gasteiger partial charge on any atom is 0.277 e. The number of aromatic nitrogens is 1. The van der Waals surface area contributed by atoms with Crippen molar-refractivity contribution in [2.24, 2.45) is 5.14 Å². The Morgan fingerprint density at radius 3 is 2.41 bits per heavy atom. The average Bonchev–Trinajstić information content (AvgIpc) is 2.29. The molecule has 0 bridgehead atoms. The first kappa shape index (κ1) is 12.1. The van der Waals surface area contributed by atoms with E-state index in [9.17, 15) is 8.42 Å². The number of piperazine rings is 1. The van der Waals surface area contributed by atoms with Gasteiger partial charge in [0.15, 0.2) is 5.82 Å². The van der Waals surface area contributed by atoms with Gasteiger partial charge in [-0.3, -0.25) is 0 Å². The van der Waals surface area contributed by atoms with Gasteiger partial charge in [-0.2, -0.15) is 12.7 Å². The van der Waals surface area contributed by atoms with Gasteiger partial charge in [0.25, 0.3) is 10.2 Å². The molecule has 0 aliphatic carbocycles. The monoisotopic (exact) mass is 257 g/mol. The van der Waals surface area contributed by atoms with Gasteiger partial charge >= 0.3 is 0 Å². The second-order valence-electron chi connectivity index (χ2n) is 3.85. The van der Waals surface area contributed by atoms with Crippen LogP contribution in [0.5, 0.6) is 0 Å². The summed E-state index contributed by atoms with van der Waals surface area (Å²) in [5.74, 6) is 0.696. The molecule has 1 saturated heterocycles. The molecule has 4 N–H and O–H groups in total. The highest BCUT2D eigenvalue weighted by atomic mass is 32.2. The van der Waals surface area contributed by atoms with Gasteiger partial charge in [0.2, 0.25) is 0 Å². The Kier molecular flexibility index (Phi) is 3.18. The lowest BCUT2D eigenvalue weighted by Crippen LogP contribution is -2.51. The molecule has 0 spiro atoms. The van der Waals surface area contributed by atoms with Crippen LogP contribution in [-0.2, 0) is 10.2 Å². The van der Waals surface area contributed by atoms with Crippen molar-refractivity contribution < 1.29 is 8.42 Å². The van der Waals surface area contributed by atoms with Crippen LogP contribution >= 0.6 is 0 Å². The SMILES string of the molecule is Nc1cccnc1N1CCN(S(N)(=O)=O)CC1. The number of nitrogens with two attached hydrogens (primary N) is 2. The van der Waals surface area contributed by atoms with Gasteiger partial charge in [-0.25, -0.2) is 10.1 Å². The van der Waals surface area contributed by atoms with Crippen LogP contribution in [0.25, 0.3) is 0 Å². The van der Waals surface area contributed by atoms with Crippen LogP contribution in [0.2, 0.25) is 0 Å². The second-order valence-corrected chi connectivity index (χ2v) is 5.39. The molecule has 7 nitrogen and oxygen atoms in total. The first-order valence-electron chi connectivity index (χ1n) is 5.22. The quantitative estimate of drug-likeness (QED) is 0.706. The van der Waals surface area contributed by atoms with Crippen LogP contribution in [0.3, 0.4) is 0 Å². The molecule has 1 aliphatic heterocycles. The molecule has 94 valence electrons. The molecule has 0 saturated carbocycles. The van der Waals surface area contributed by atoms with Gasteiger partial charge in [0.05, 0.1) is 5.69 Å². The van der Waals surface area contributed by atoms with Gasteiger partial charge < -0.3 is 10.6 Å². The molecule has 0 unspecified atom stereocenters. The summed E-state index contributed by atoms with van der Waals surface area (Å²) in [5.41, 5.74) is 6.41. The third-order valence-electron chi connectivity index (χ3n) is 2.71. The molecule has 0 amide bonds. The molecule has 17 heavy (non-hydrogen) atoms. The third-order valence-corrected chi connectivity index (χ3v) is 3.80. The van der Waals surface area contributed by atoms with Crippen molar-refractivity contribution in [1.82, 2.24) is 9.29 Å². The number of hydrogen-bond acceptors (Lipinski definition) is 5. The summed E-state index contributed by atoms with van der Waals surface area (Å²) in [7, 11) is -3.59. The molecular weight excluding hydrogens is 242 g/mol. The third kappa shape index (κ3) is 2.65. The van der Waals surface area contributed by atoms with E-state index in [4.69, 9.17) is 10.9 Å². The van der Waals surface area contributed by atoms with E-state index < -0.39 is 10.2 Å². The summed E-state index contributed by atoms with van der Waals surface area (Å²) in [6, 6.07) is 3.54. The highest BCUT2D eigenvalue weighted by Gasteiger charge is 2.25. The Morgan fingerprint density at radius 1 is 1.24 bits per heavy atom. The Labute approximate surface area is 100 Å². The summed E-state index contributed by atoms with van der Waals surface area (Å²) >= 11 is 0. The van der Waals surface area contributed by atoms with Crippen LogP contribution < -0.4 is 15.8 Å². The van der Waals surface area contributed by atoms with Crippen LogP contribution in [0.15, 0.2) is 18.3 Å². The molecule has 8 heteroatoms. The number of hydrogen-bond donors (Lipinski definition) is 2. The first-order chi connectivity index (χ1) is 7.98. The van der Waals surface area contributed by atoms with Gasteiger partial charge in [-0.15, -0.1) is 0 Å². The summed E-state index contributed by atoms with van der Waals surface area (Å²) in [4.78, 5) is 6.15. The molecule has 1 aromatic rings. The van der Waals surface area contributed by atoms with Gasteiger partial charge in [0.1, 0.15) is 0 Å². The lowest BCUT2D eigenvalue weighted by Gasteiger charge is -2.34. The van der Waals surface area contributed by atoms with Crippen LogP contribution in [0.4, 0.5) is 11.5 Å². The van der Waals surface area contributed by atoms with Gasteiger partial charge in [-0.05, 0) is 12.1 Å². The number of anilines is 2. The zero-order valence-corrected chi connectivity index (χ0v) is 10.1. The highest BCUT2D eigenvalue weighted by molar-refractivity contribution is 7.86. The van der Waals surface area contributed by atoms with Crippen molar-refractivity contribution in [3.8, 4) is 0 Å². The fraction of sp³-hybridized carbons (Fsp3) is 0.444. The predicted octanol–water partition coefficient (Wildman–Crippen LogP) is -1.01. The van der Waals surface area contributed by atoms with Crippen molar-refractivity contribution in [2.75, 3.05) is 36.8 Å². The smallest absolute Gasteiger partial charge is 0.277 e. The second kappa shape index (κ2) is 4.47. The van der Waals surface area contributed by atoms with E-state index in [1.165, 1.54) is 4.31 Å². The fourth-order valence-electron chi connectivity index (χ4n) is 1.83. The molecular formula is C9H15N5O2S. The van der Waals surface area contributed by atoms with Crippen LogP contribution in [0.1, 0.15) is 0 Å². The van der Waals surface area contributed by atoms with Gasteiger partial charge in [-0.1, -0.05) is 0 Å². The number of rotatable bonds is 2. The Hall–Kier alpha value is -1.38. The largest absolute Gasteiger partial charge is 0.396 e. The van der Waals surface area contributed by atoms with E-state index in [0.29, 0.717) is 37.7 Å². The zero-order chi connectivity index (χ0) is 12.5. The van der Waals surface area contributed by atoms with Gasteiger partial charge in [0, 0.05) is 32.4 Å². The van der Waals surface area contributed by atoms with Crippen LogP contribution in [-0.4, -0.2) is 43.9 Å². The van der Waals surface area contributed by atoms with E-state index in [1.54, 1.807) is 18.3 Å². The minimum absolute atomic E-state index is 0.356. The minimum Gasteiger partial charge on any atom is -0.396 e. The molecule has 2 rings (SSSR count). The Bertz CT molecular complexity index is 496. The molecule has 1 aromatic heterocycles. The van der Waals surface area contributed by atoms with E-state index in [-0.39, 0.29) is 0 Å². The lowest BCUT2D eigenvalue weighted by atomic mass is 10.3. The lowest BCUT2D eigenvalue weighted by molar-refractivity contribution is 0.384. The van der Waals surface area contributed by atoms with E-state index in [2.05, 4.69) is 4.98 Å². The molecule has 1 fully saturated rings. The highest BCUT2D eigenvalue weighted by Crippen LogP contribution is 2.20. The normalized spacial score (nSPS) is 18.3. The van der Waals surface area contributed by atoms with E-state index in [1.807, 2.05) is 4.90 Å². The minimum atomic E-state index is -3.59. The predicted molar refractivity (Wildman–Crippen MR) is 65.5 cm³/mol. The number of pyridine rings is 1. The maximum absolute atomic E-state index is 11.1. The number of nitrogens with zero attached hydrogens (tertiary/aromatic N) is 3. The van der Waals surface area contributed by atoms with E-state index >= 15 is 0 Å². The van der Waals surface area contributed by atoms with E-state index in [0.717, 1.165) is 0 Å².